The van der Waals surface area contributed by atoms with Gasteiger partial charge in [-0.15, -0.1) is 0 Å². The molecular weight excluding hydrogens is 528 g/mol. The van der Waals surface area contributed by atoms with Crippen LogP contribution in [0.3, 0.4) is 0 Å². The number of nitrogens with zero attached hydrogens (tertiary/aromatic N) is 3. The standard InChI is InChI=1S/C23H30N6O.C6H11NO.C2H6.CH5N/c1-5-15(7-8-16(6-2)22-19(13-27-29-22)17-9-10-17)21(24)23(30)28-20-11-18(25-4)12-26-14(20)3;8-6-5-7-3-1-2-4-7;2*1-2/h6-8,11-13,17,25H,5,9-10,24H2,1-4H3,(H,27,29)(H,28,30);6H,1-5H2;1-2H3;2H2,1H3/b8-7-,16-6+,21-15+;;;. The Bertz CT molecular complexity index is 1190. The molecule has 7 N–H and O–H groups in total. The largest absolute Gasteiger partial charge is 0.394 e. The molecule has 10 heteroatoms. The predicted octanol–water partition coefficient (Wildman–Crippen LogP) is 5.14. The molecule has 2 fully saturated rings. The molecule has 2 aromatic rings. The molecule has 0 aromatic carbocycles. The lowest BCUT2D eigenvalue weighted by atomic mass is 10.0. The number of rotatable bonds is 10. The fraction of sp³-hybridized carbons (Fsp3) is 0.500. The minimum Gasteiger partial charge on any atom is -0.394 e. The molecule has 0 bridgehead atoms. The van der Waals surface area contributed by atoms with Crippen molar-refractivity contribution >= 4 is 29.1 Å². The Morgan fingerprint density at radius 3 is 2.38 bits per heavy atom. The summed E-state index contributed by atoms with van der Waals surface area (Å²) in [4.78, 5) is 29.1. The first-order valence-corrected chi connectivity index (χ1v) is 15.0. The number of amides is 1. The molecule has 2 aromatic heterocycles. The van der Waals surface area contributed by atoms with E-state index in [1.807, 2.05) is 65.1 Å². The number of anilines is 2. The molecule has 0 unspecified atom stereocenters. The molecule has 1 amide bonds. The second-order valence-electron chi connectivity index (χ2n) is 9.58. The van der Waals surface area contributed by atoms with Crippen molar-refractivity contribution in [3.63, 3.8) is 0 Å². The summed E-state index contributed by atoms with van der Waals surface area (Å²) in [5, 5.41) is 13.2. The monoisotopic (exact) mass is 580 g/mol. The third kappa shape index (κ3) is 11.3. The Morgan fingerprint density at radius 1 is 1.17 bits per heavy atom. The van der Waals surface area contributed by atoms with Crippen molar-refractivity contribution in [1.82, 2.24) is 20.1 Å². The van der Waals surface area contributed by atoms with Crippen LogP contribution in [0, 0.1) is 6.92 Å². The van der Waals surface area contributed by atoms with Gasteiger partial charge in [-0.25, -0.2) is 0 Å². The van der Waals surface area contributed by atoms with Gasteiger partial charge in [0, 0.05) is 12.6 Å². The van der Waals surface area contributed by atoms with Crippen molar-refractivity contribution in [2.45, 2.75) is 72.6 Å². The van der Waals surface area contributed by atoms with Crippen molar-refractivity contribution < 1.29 is 9.59 Å². The van der Waals surface area contributed by atoms with Crippen LogP contribution in [0.4, 0.5) is 11.4 Å². The van der Waals surface area contributed by atoms with Crippen LogP contribution in [-0.4, -0.2) is 66.0 Å². The van der Waals surface area contributed by atoms with Gasteiger partial charge in [-0.05, 0) is 89.2 Å². The number of aldehydes is 1. The van der Waals surface area contributed by atoms with E-state index in [2.05, 4.69) is 36.4 Å². The van der Waals surface area contributed by atoms with Gasteiger partial charge in [0.25, 0.3) is 5.91 Å². The molecule has 1 aliphatic carbocycles. The van der Waals surface area contributed by atoms with E-state index in [4.69, 9.17) is 5.73 Å². The maximum Gasteiger partial charge on any atom is 0.271 e. The number of aromatic amines is 1. The number of carbonyl (C=O) groups is 2. The quantitative estimate of drug-likeness (QED) is 0.147. The number of likely N-dealkylation sites (tertiary alicyclic amines) is 1. The highest BCUT2D eigenvalue weighted by atomic mass is 16.2. The highest BCUT2D eigenvalue weighted by Gasteiger charge is 2.27. The number of nitrogens with one attached hydrogen (secondary N) is 3. The third-order valence-electron chi connectivity index (χ3n) is 6.88. The summed E-state index contributed by atoms with van der Waals surface area (Å²) in [6.07, 6.45) is 16.2. The smallest absolute Gasteiger partial charge is 0.271 e. The number of hydrogen-bond acceptors (Lipinski definition) is 8. The number of aromatic nitrogens is 3. The van der Waals surface area contributed by atoms with Crippen LogP contribution in [0.2, 0.25) is 0 Å². The number of allylic oxidation sites excluding steroid dienone is 5. The van der Waals surface area contributed by atoms with Crippen molar-refractivity contribution in [2.24, 2.45) is 11.5 Å². The Kier molecular flexibility index (Phi) is 17.4. The molecule has 4 rings (SSSR count). The molecule has 232 valence electrons. The third-order valence-corrected chi connectivity index (χ3v) is 6.88. The van der Waals surface area contributed by atoms with Crippen LogP contribution in [0.5, 0.6) is 0 Å². The van der Waals surface area contributed by atoms with Crippen LogP contribution < -0.4 is 22.1 Å². The highest BCUT2D eigenvalue weighted by molar-refractivity contribution is 6.04. The fourth-order valence-corrected chi connectivity index (χ4v) is 4.35. The lowest BCUT2D eigenvalue weighted by Gasteiger charge is -2.11. The van der Waals surface area contributed by atoms with Gasteiger partial charge >= 0.3 is 0 Å². The average molecular weight is 581 g/mol. The van der Waals surface area contributed by atoms with E-state index >= 15 is 0 Å². The number of carbonyl (C=O) groups excluding carboxylic acids is 2. The Balaban J connectivity index is 0.000000620. The van der Waals surface area contributed by atoms with E-state index in [-0.39, 0.29) is 11.6 Å². The summed E-state index contributed by atoms with van der Waals surface area (Å²) in [5.41, 5.74) is 17.2. The van der Waals surface area contributed by atoms with Gasteiger partial charge in [0.1, 0.15) is 12.0 Å². The van der Waals surface area contributed by atoms with E-state index in [9.17, 15) is 9.59 Å². The summed E-state index contributed by atoms with van der Waals surface area (Å²) >= 11 is 0. The molecule has 10 nitrogen and oxygen atoms in total. The van der Waals surface area contributed by atoms with Crippen LogP contribution in [-0.2, 0) is 9.59 Å². The SMILES string of the molecule is CC.CN.C\C=C(/C=C\C(CC)=C(\N)C(=O)Nc1cc(NC)cnc1C)c1[nH]ncc1C1CC1.O=CCN1CCCC1. The predicted molar refractivity (Wildman–Crippen MR) is 175 cm³/mol. The molecule has 1 saturated carbocycles. The van der Waals surface area contributed by atoms with Gasteiger partial charge in [0.15, 0.2) is 0 Å². The summed E-state index contributed by atoms with van der Waals surface area (Å²) in [6.45, 7) is 12.7. The Morgan fingerprint density at radius 2 is 1.83 bits per heavy atom. The van der Waals surface area contributed by atoms with Gasteiger partial charge in [-0.1, -0.05) is 39.0 Å². The van der Waals surface area contributed by atoms with Gasteiger partial charge in [0.05, 0.1) is 41.7 Å². The van der Waals surface area contributed by atoms with E-state index in [0.717, 1.165) is 47.6 Å². The van der Waals surface area contributed by atoms with Crippen molar-refractivity contribution in [2.75, 3.05) is 44.4 Å². The van der Waals surface area contributed by atoms with Gasteiger partial charge in [0.2, 0.25) is 0 Å². The molecule has 1 aliphatic heterocycles. The molecule has 3 heterocycles. The molecule has 0 atom stereocenters. The lowest BCUT2D eigenvalue weighted by Crippen LogP contribution is -2.22. The highest BCUT2D eigenvalue weighted by Crippen LogP contribution is 2.42. The Labute approximate surface area is 252 Å². The topological polar surface area (TPSA) is 155 Å². The minimum absolute atomic E-state index is 0.200. The zero-order valence-corrected chi connectivity index (χ0v) is 26.6. The normalized spacial score (nSPS) is 15.3. The maximum atomic E-state index is 12.8. The number of hydrogen-bond donors (Lipinski definition) is 5. The first-order chi connectivity index (χ1) is 20.4. The molecule has 0 radical (unpaired) electrons. The van der Waals surface area contributed by atoms with E-state index in [1.165, 1.54) is 38.3 Å². The van der Waals surface area contributed by atoms with Crippen LogP contribution >= 0.6 is 0 Å². The van der Waals surface area contributed by atoms with Crippen molar-refractivity contribution in [3.8, 4) is 0 Å². The molecule has 0 spiro atoms. The van der Waals surface area contributed by atoms with Crippen LogP contribution in [0.25, 0.3) is 5.57 Å². The summed E-state index contributed by atoms with van der Waals surface area (Å²) in [7, 11) is 3.30. The fourth-order valence-electron chi connectivity index (χ4n) is 4.35. The first-order valence-electron chi connectivity index (χ1n) is 15.0. The second kappa shape index (κ2) is 20.2. The molecule has 42 heavy (non-hydrogen) atoms. The maximum absolute atomic E-state index is 12.8. The Hall–Kier alpha value is -3.76. The van der Waals surface area contributed by atoms with E-state index in [0.29, 0.717) is 24.6 Å². The van der Waals surface area contributed by atoms with Crippen LogP contribution in [0.15, 0.2) is 48.0 Å². The summed E-state index contributed by atoms with van der Waals surface area (Å²) < 4.78 is 0. The van der Waals surface area contributed by atoms with Gasteiger partial charge in [-0.3, -0.25) is 19.8 Å². The minimum atomic E-state index is -0.336. The molecule has 2 aliphatic rings. The van der Waals surface area contributed by atoms with E-state index < -0.39 is 0 Å². The van der Waals surface area contributed by atoms with Gasteiger partial charge in [-0.2, -0.15) is 5.10 Å². The summed E-state index contributed by atoms with van der Waals surface area (Å²) in [6, 6.07) is 1.84. The zero-order valence-electron chi connectivity index (χ0n) is 26.6. The molecular formula is C32H52N8O2. The van der Waals surface area contributed by atoms with Crippen molar-refractivity contribution in [3.05, 3.63) is 64.9 Å². The number of aryl methyl sites for hydroxylation is 1. The molecule has 1 saturated heterocycles. The van der Waals surface area contributed by atoms with Crippen molar-refractivity contribution in [1.29, 1.82) is 0 Å². The number of nitrogens with two attached hydrogens (primary N) is 2. The number of pyridine rings is 1. The van der Waals surface area contributed by atoms with Crippen LogP contribution in [0.1, 0.15) is 82.7 Å². The lowest BCUT2D eigenvalue weighted by molar-refractivity contribution is -0.113. The van der Waals surface area contributed by atoms with E-state index in [1.54, 1.807) is 13.2 Å². The average Bonchev–Trinajstić information content (AvgIpc) is 3.51. The first kappa shape index (κ1) is 36.3. The number of H-pyrrole nitrogens is 1. The summed E-state index contributed by atoms with van der Waals surface area (Å²) in [5.74, 6) is 0.265. The zero-order chi connectivity index (χ0) is 31.5. The second-order valence-corrected chi connectivity index (χ2v) is 9.58. The van der Waals surface area contributed by atoms with Gasteiger partial charge < -0.3 is 26.9 Å².